The zero-order chi connectivity index (χ0) is 12.4. The second-order valence-corrected chi connectivity index (χ2v) is 4.79. The van der Waals surface area contributed by atoms with Gasteiger partial charge in [0.05, 0.1) is 18.4 Å². The van der Waals surface area contributed by atoms with Crippen LogP contribution in [-0.2, 0) is 13.1 Å². The fourth-order valence-corrected chi connectivity index (χ4v) is 2.21. The van der Waals surface area contributed by atoms with Gasteiger partial charge in [-0.05, 0) is 28.9 Å². The second kappa shape index (κ2) is 4.75. The number of halogens is 1. The van der Waals surface area contributed by atoms with Gasteiger partial charge in [-0.15, -0.1) is 0 Å². The van der Waals surface area contributed by atoms with Crippen LogP contribution in [0.2, 0.25) is 0 Å². The van der Waals surface area contributed by atoms with Crippen LogP contribution in [0.1, 0.15) is 5.56 Å². The average Bonchev–Trinajstić information content (AvgIpc) is 2.67. The molecule has 6 heteroatoms. The quantitative estimate of drug-likeness (QED) is 0.931. The molecule has 0 aliphatic rings. The van der Waals surface area contributed by atoms with E-state index in [1.807, 2.05) is 6.07 Å². The summed E-state index contributed by atoms with van der Waals surface area (Å²) in [6.45, 7) is 2.99. The maximum atomic E-state index is 11.8. The molecule has 0 aromatic carbocycles. The molecular formula is C11H13BrN4O. The minimum atomic E-state index is 0.0216. The number of aryl methyl sites for hydroxylation is 3. The molecule has 2 aromatic heterocycles. The van der Waals surface area contributed by atoms with Gasteiger partial charge in [0, 0.05) is 29.0 Å². The standard InChI is InChI=1S/C11H13BrN4O/c1-8-4-9(12)6-15(11(8)17)2-3-16-7-10(13)5-14-16/h4-7H,2-3,13H2,1H3. The number of nitrogens with two attached hydrogens (primary N) is 1. The summed E-state index contributed by atoms with van der Waals surface area (Å²) in [7, 11) is 0. The molecule has 0 radical (unpaired) electrons. The summed E-state index contributed by atoms with van der Waals surface area (Å²) in [4.78, 5) is 11.8. The fourth-order valence-electron chi connectivity index (χ4n) is 1.62. The summed E-state index contributed by atoms with van der Waals surface area (Å²) in [5.41, 5.74) is 6.94. The molecule has 2 aromatic rings. The molecule has 0 bridgehead atoms. The summed E-state index contributed by atoms with van der Waals surface area (Å²) in [5, 5.41) is 4.07. The van der Waals surface area contributed by atoms with Gasteiger partial charge in [-0.1, -0.05) is 0 Å². The van der Waals surface area contributed by atoms with E-state index in [0.29, 0.717) is 18.8 Å². The summed E-state index contributed by atoms with van der Waals surface area (Å²) in [6.07, 6.45) is 5.12. The lowest BCUT2D eigenvalue weighted by molar-refractivity contribution is 0.522. The molecule has 2 heterocycles. The lowest BCUT2D eigenvalue weighted by Gasteiger charge is -2.07. The van der Waals surface area contributed by atoms with Gasteiger partial charge in [0.1, 0.15) is 0 Å². The number of aromatic nitrogens is 3. The smallest absolute Gasteiger partial charge is 0.253 e. The number of nitrogen functional groups attached to an aromatic ring is 1. The van der Waals surface area contributed by atoms with Crippen LogP contribution >= 0.6 is 15.9 Å². The molecule has 0 spiro atoms. The predicted octanol–water partition coefficient (Wildman–Crippen LogP) is 1.40. The molecule has 2 rings (SSSR count). The van der Waals surface area contributed by atoms with Gasteiger partial charge in [-0.2, -0.15) is 5.10 Å². The van der Waals surface area contributed by atoms with Gasteiger partial charge >= 0.3 is 0 Å². The van der Waals surface area contributed by atoms with Gasteiger partial charge in [0.2, 0.25) is 0 Å². The first-order chi connectivity index (χ1) is 8.06. The molecule has 2 N–H and O–H groups in total. The van der Waals surface area contributed by atoms with Crippen LogP contribution in [0.25, 0.3) is 0 Å². The maximum Gasteiger partial charge on any atom is 0.253 e. The molecule has 0 fully saturated rings. The minimum absolute atomic E-state index is 0.0216. The summed E-state index contributed by atoms with van der Waals surface area (Å²) >= 11 is 3.38. The number of rotatable bonds is 3. The van der Waals surface area contributed by atoms with Crippen molar-refractivity contribution in [3.63, 3.8) is 0 Å². The molecule has 5 nitrogen and oxygen atoms in total. The van der Waals surface area contributed by atoms with Gasteiger partial charge < -0.3 is 10.3 Å². The fraction of sp³-hybridized carbons (Fsp3) is 0.273. The van der Waals surface area contributed by atoms with Crippen molar-refractivity contribution in [2.75, 3.05) is 5.73 Å². The zero-order valence-electron chi connectivity index (χ0n) is 9.43. The molecule has 0 aliphatic heterocycles. The number of hydrogen-bond acceptors (Lipinski definition) is 3. The van der Waals surface area contributed by atoms with Crippen LogP contribution in [0, 0.1) is 6.92 Å². The van der Waals surface area contributed by atoms with Crippen molar-refractivity contribution >= 4 is 21.6 Å². The monoisotopic (exact) mass is 296 g/mol. The van der Waals surface area contributed by atoms with Crippen molar-refractivity contribution in [3.05, 3.63) is 45.0 Å². The van der Waals surface area contributed by atoms with Crippen LogP contribution in [0.5, 0.6) is 0 Å². The molecule has 0 saturated heterocycles. The van der Waals surface area contributed by atoms with Gasteiger partial charge in [0.15, 0.2) is 0 Å². The Kier molecular flexibility index (Phi) is 3.33. The van der Waals surface area contributed by atoms with Gasteiger partial charge in [0.25, 0.3) is 5.56 Å². The lowest BCUT2D eigenvalue weighted by Crippen LogP contribution is -2.23. The third kappa shape index (κ3) is 2.76. The second-order valence-electron chi connectivity index (χ2n) is 3.88. The summed E-state index contributed by atoms with van der Waals surface area (Å²) in [5.74, 6) is 0. The van der Waals surface area contributed by atoms with Crippen LogP contribution < -0.4 is 11.3 Å². The Balaban J connectivity index is 2.17. The van der Waals surface area contributed by atoms with E-state index in [1.165, 1.54) is 0 Å². The topological polar surface area (TPSA) is 65.8 Å². The molecule has 17 heavy (non-hydrogen) atoms. The third-order valence-electron chi connectivity index (χ3n) is 2.45. The van der Waals surface area contributed by atoms with E-state index in [9.17, 15) is 4.79 Å². The molecule has 0 saturated carbocycles. The lowest BCUT2D eigenvalue weighted by atomic mass is 10.3. The van der Waals surface area contributed by atoms with Gasteiger partial charge in [-0.3, -0.25) is 9.48 Å². The van der Waals surface area contributed by atoms with E-state index in [4.69, 9.17) is 5.73 Å². The van der Waals surface area contributed by atoms with E-state index in [2.05, 4.69) is 21.0 Å². The van der Waals surface area contributed by atoms with E-state index in [1.54, 1.807) is 34.8 Å². The highest BCUT2D eigenvalue weighted by molar-refractivity contribution is 9.10. The molecular weight excluding hydrogens is 284 g/mol. The summed E-state index contributed by atoms with van der Waals surface area (Å²) < 4.78 is 4.28. The number of pyridine rings is 1. The first kappa shape index (κ1) is 11.9. The first-order valence-corrected chi connectivity index (χ1v) is 6.00. The Morgan fingerprint density at radius 2 is 2.18 bits per heavy atom. The Bertz CT molecular complexity index is 587. The first-order valence-electron chi connectivity index (χ1n) is 5.21. The average molecular weight is 297 g/mol. The van der Waals surface area contributed by atoms with Gasteiger partial charge in [-0.25, -0.2) is 0 Å². The third-order valence-corrected chi connectivity index (χ3v) is 2.89. The van der Waals surface area contributed by atoms with Crippen molar-refractivity contribution in [2.45, 2.75) is 20.0 Å². The number of anilines is 1. The molecule has 0 unspecified atom stereocenters. The molecule has 0 atom stereocenters. The van der Waals surface area contributed by atoms with E-state index >= 15 is 0 Å². The largest absolute Gasteiger partial charge is 0.396 e. The van der Waals surface area contributed by atoms with Crippen molar-refractivity contribution in [3.8, 4) is 0 Å². The van der Waals surface area contributed by atoms with Crippen molar-refractivity contribution in [1.29, 1.82) is 0 Å². The van der Waals surface area contributed by atoms with E-state index in [0.717, 1.165) is 10.0 Å². The highest BCUT2D eigenvalue weighted by Crippen LogP contribution is 2.08. The Morgan fingerprint density at radius 1 is 1.41 bits per heavy atom. The normalized spacial score (nSPS) is 10.7. The van der Waals surface area contributed by atoms with Crippen LogP contribution in [0.3, 0.4) is 0 Å². The Morgan fingerprint density at radius 3 is 2.82 bits per heavy atom. The van der Waals surface area contributed by atoms with Crippen molar-refractivity contribution in [1.82, 2.24) is 14.3 Å². The molecule has 0 aliphatic carbocycles. The van der Waals surface area contributed by atoms with Crippen molar-refractivity contribution < 1.29 is 0 Å². The predicted molar refractivity (Wildman–Crippen MR) is 69.8 cm³/mol. The zero-order valence-corrected chi connectivity index (χ0v) is 11.0. The Hall–Kier alpha value is -1.56. The number of nitrogens with zero attached hydrogens (tertiary/aromatic N) is 3. The van der Waals surface area contributed by atoms with Crippen LogP contribution in [-0.4, -0.2) is 14.3 Å². The van der Waals surface area contributed by atoms with Crippen LogP contribution in [0.4, 0.5) is 5.69 Å². The summed E-state index contributed by atoms with van der Waals surface area (Å²) in [6, 6.07) is 1.81. The van der Waals surface area contributed by atoms with Crippen LogP contribution in [0.15, 0.2) is 33.9 Å². The SMILES string of the molecule is Cc1cc(Br)cn(CCn2cc(N)cn2)c1=O. The molecule has 90 valence electrons. The highest BCUT2D eigenvalue weighted by atomic mass is 79.9. The maximum absolute atomic E-state index is 11.8. The minimum Gasteiger partial charge on any atom is -0.396 e. The molecule has 0 amide bonds. The van der Waals surface area contributed by atoms with E-state index in [-0.39, 0.29) is 5.56 Å². The Labute approximate surface area is 107 Å². The highest BCUT2D eigenvalue weighted by Gasteiger charge is 2.02. The van der Waals surface area contributed by atoms with Crippen molar-refractivity contribution in [2.24, 2.45) is 0 Å². The van der Waals surface area contributed by atoms with E-state index < -0.39 is 0 Å². The number of hydrogen-bond donors (Lipinski definition) is 1.